The highest BCUT2D eigenvalue weighted by atomic mass is 16.5. The van der Waals surface area contributed by atoms with E-state index in [2.05, 4.69) is 0 Å². The molecule has 1 heterocycles. The standard InChI is InChI=1S/C19H25N3O4/c1-14(18(24)26-4)11-22(12-15-8-6-5-7-9-15)13-16-10-17(23)21(3)19(25)20(16)2/h5-10,14H,11-13H2,1-4H3. The molecule has 0 bridgehead atoms. The van der Waals surface area contributed by atoms with Crippen LogP contribution in [0, 0.1) is 5.92 Å². The van der Waals surface area contributed by atoms with Crippen LogP contribution in [0.15, 0.2) is 46.0 Å². The molecule has 7 heteroatoms. The largest absolute Gasteiger partial charge is 0.469 e. The van der Waals surface area contributed by atoms with Gasteiger partial charge in [0, 0.05) is 45.5 Å². The maximum Gasteiger partial charge on any atom is 0.330 e. The van der Waals surface area contributed by atoms with E-state index in [4.69, 9.17) is 4.74 Å². The van der Waals surface area contributed by atoms with Gasteiger partial charge in [-0.2, -0.15) is 0 Å². The average Bonchev–Trinajstić information content (AvgIpc) is 2.64. The van der Waals surface area contributed by atoms with Gasteiger partial charge in [0.05, 0.1) is 13.0 Å². The predicted molar refractivity (Wildman–Crippen MR) is 98.7 cm³/mol. The molecule has 0 saturated heterocycles. The second-order valence-electron chi connectivity index (χ2n) is 6.45. The summed E-state index contributed by atoms with van der Waals surface area (Å²) in [5, 5.41) is 0. The fraction of sp³-hybridized carbons (Fsp3) is 0.421. The first kappa shape index (κ1) is 19.7. The SMILES string of the molecule is COC(=O)C(C)CN(Cc1ccccc1)Cc1cc(=O)n(C)c(=O)n1C. The zero-order valence-corrected chi connectivity index (χ0v) is 15.6. The highest BCUT2D eigenvalue weighted by molar-refractivity contribution is 5.72. The molecule has 26 heavy (non-hydrogen) atoms. The third-order valence-electron chi connectivity index (χ3n) is 4.40. The van der Waals surface area contributed by atoms with Crippen LogP contribution in [0.4, 0.5) is 0 Å². The van der Waals surface area contributed by atoms with Crippen molar-refractivity contribution in [2.45, 2.75) is 20.0 Å². The molecular formula is C19H25N3O4. The predicted octanol–water partition coefficient (Wildman–Crippen LogP) is 0.895. The fourth-order valence-electron chi connectivity index (χ4n) is 2.85. The smallest absolute Gasteiger partial charge is 0.330 e. The highest BCUT2D eigenvalue weighted by Crippen LogP contribution is 2.12. The van der Waals surface area contributed by atoms with E-state index in [0.29, 0.717) is 25.3 Å². The molecule has 0 saturated carbocycles. The molecule has 7 nitrogen and oxygen atoms in total. The van der Waals surface area contributed by atoms with Crippen LogP contribution in [0.2, 0.25) is 0 Å². The number of rotatable bonds is 7. The zero-order chi connectivity index (χ0) is 19.3. The summed E-state index contributed by atoms with van der Waals surface area (Å²) in [6, 6.07) is 11.3. The first-order valence-corrected chi connectivity index (χ1v) is 8.43. The lowest BCUT2D eigenvalue weighted by Gasteiger charge is -2.25. The van der Waals surface area contributed by atoms with Crippen LogP contribution < -0.4 is 11.2 Å². The quantitative estimate of drug-likeness (QED) is 0.687. The van der Waals surface area contributed by atoms with E-state index in [1.54, 1.807) is 14.0 Å². The van der Waals surface area contributed by atoms with Crippen LogP contribution in [0.3, 0.4) is 0 Å². The summed E-state index contributed by atoms with van der Waals surface area (Å²) < 4.78 is 7.35. The van der Waals surface area contributed by atoms with Gasteiger partial charge in [0.2, 0.25) is 0 Å². The summed E-state index contributed by atoms with van der Waals surface area (Å²) in [5.41, 5.74) is 0.974. The number of nitrogens with zero attached hydrogens (tertiary/aromatic N) is 3. The molecule has 0 aliphatic carbocycles. The van der Waals surface area contributed by atoms with E-state index in [1.165, 1.54) is 24.8 Å². The highest BCUT2D eigenvalue weighted by Gasteiger charge is 2.19. The Hall–Kier alpha value is -2.67. The molecule has 1 aromatic heterocycles. The second kappa shape index (κ2) is 8.62. The number of methoxy groups -OCH3 is 1. The van der Waals surface area contributed by atoms with Gasteiger partial charge < -0.3 is 4.74 Å². The molecule has 2 aromatic rings. The van der Waals surface area contributed by atoms with E-state index in [-0.39, 0.29) is 23.1 Å². The van der Waals surface area contributed by atoms with E-state index >= 15 is 0 Å². The third-order valence-corrected chi connectivity index (χ3v) is 4.40. The number of benzene rings is 1. The van der Waals surface area contributed by atoms with Crippen molar-refractivity contribution in [3.8, 4) is 0 Å². The lowest BCUT2D eigenvalue weighted by atomic mass is 10.1. The van der Waals surface area contributed by atoms with Crippen LogP contribution in [0.25, 0.3) is 0 Å². The van der Waals surface area contributed by atoms with Crippen molar-refractivity contribution in [1.82, 2.24) is 14.0 Å². The van der Waals surface area contributed by atoms with Crippen molar-refractivity contribution in [3.63, 3.8) is 0 Å². The molecule has 140 valence electrons. The number of ether oxygens (including phenoxy) is 1. The summed E-state index contributed by atoms with van der Waals surface area (Å²) in [6.45, 7) is 3.21. The van der Waals surface area contributed by atoms with Gasteiger partial charge >= 0.3 is 11.7 Å². The topological polar surface area (TPSA) is 73.5 Å². The molecule has 0 fully saturated rings. The first-order valence-electron chi connectivity index (χ1n) is 8.43. The van der Waals surface area contributed by atoms with Gasteiger partial charge in [0.15, 0.2) is 0 Å². The lowest BCUT2D eigenvalue weighted by molar-refractivity contribution is -0.145. The van der Waals surface area contributed by atoms with E-state index < -0.39 is 0 Å². The van der Waals surface area contributed by atoms with Crippen LogP contribution in [0.5, 0.6) is 0 Å². The number of aromatic nitrogens is 2. The Labute approximate surface area is 152 Å². The van der Waals surface area contributed by atoms with Gasteiger partial charge in [-0.15, -0.1) is 0 Å². The summed E-state index contributed by atoms with van der Waals surface area (Å²) in [7, 11) is 4.46. The minimum atomic E-state index is -0.367. The van der Waals surface area contributed by atoms with Crippen LogP contribution in [0.1, 0.15) is 18.2 Å². The number of carbonyl (C=O) groups is 1. The number of hydrogen-bond acceptors (Lipinski definition) is 5. The van der Waals surface area contributed by atoms with E-state index in [0.717, 1.165) is 10.1 Å². The van der Waals surface area contributed by atoms with E-state index in [1.807, 2.05) is 35.2 Å². The Balaban J connectivity index is 2.30. The van der Waals surface area contributed by atoms with E-state index in [9.17, 15) is 14.4 Å². The van der Waals surface area contributed by atoms with Crippen molar-refractivity contribution in [3.05, 3.63) is 68.5 Å². The minimum Gasteiger partial charge on any atom is -0.469 e. The monoisotopic (exact) mass is 359 g/mol. The number of esters is 1. The maximum absolute atomic E-state index is 12.2. The lowest BCUT2D eigenvalue weighted by Crippen LogP contribution is -2.40. The van der Waals surface area contributed by atoms with Gasteiger partial charge in [-0.3, -0.25) is 23.6 Å². The fourth-order valence-corrected chi connectivity index (χ4v) is 2.85. The van der Waals surface area contributed by atoms with Crippen LogP contribution in [-0.4, -0.2) is 33.7 Å². The van der Waals surface area contributed by atoms with Crippen molar-refractivity contribution in [2.24, 2.45) is 20.0 Å². The molecule has 0 aliphatic heterocycles. The maximum atomic E-state index is 12.2. The first-order chi connectivity index (χ1) is 12.3. The molecule has 0 aliphatic rings. The Kier molecular flexibility index (Phi) is 6.52. The summed E-state index contributed by atoms with van der Waals surface area (Å²) in [6.07, 6.45) is 0. The zero-order valence-electron chi connectivity index (χ0n) is 15.6. The second-order valence-corrected chi connectivity index (χ2v) is 6.45. The summed E-state index contributed by atoms with van der Waals surface area (Å²) in [5.74, 6) is -0.617. The Bertz CT molecular complexity index is 871. The molecule has 0 N–H and O–H groups in total. The Morgan fingerprint density at radius 2 is 1.77 bits per heavy atom. The molecule has 0 radical (unpaired) electrons. The van der Waals surface area contributed by atoms with Gasteiger partial charge in [-0.05, 0) is 5.56 Å². The van der Waals surface area contributed by atoms with Crippen LogP contribution >= 0.6 is 0 Å². The van der Waals surface area contributed by atoms with Crippen LogP contribution in [-0.2, 0) is 36.7 Å². The number of carbonyl (C=O) groups excluding carboxylic acids is 1. The minimum absolute atomic E-state index is 0.291. The third kappa shape index (κ3) is 4.70. The Morgan fingerprint density at radius 1 is 1.12 bits per heavy atom. The van der Waals surface area contributed by atoms with Crippen molar-refractivity contribution in [2.75, 3.05) is 13.7 Å². The molecule has 2 rings (SSSR count). The molecule has 0 spiro atoms. The Morgan fingerprint density at radius 3 is 2.38 bits per heavy atom. The van der Waals surface area contributed by atoms with Crippen molar-refractivity contribution in [1.29, 1.82) is 0 Å². The van der Waals surface area contributed by atoms with Gasteiger partial charge in [-0.1, -0.05) is 37.3 Å². The van der Waals surface area contributed by atoms with Crippen molar-refractivity contribution < 1.29 is 9.53 Å². The average molecular weight is 359 g/mol. The molecule has 1 atom stereocenters. The van der Waals surface area contributed by atoms with Crippen molar-refractivity contribution >= 4 is 5.97 Å². The molecular weight excluding hydrogens is 334 g/mol. The van der Waals surface area contributed by atoms with Gasteiger partial charge in [0.25, 0.3) is 5.56 Å². The molecule has 0 amide bonds. The summed E-state index contributed by atoms with van der Waals surface area (Å²) in [4.78, 5) is 38.0. The molecule has 1 unspecified atom stereocenters. The van der Waals surface area contributed by atoms with Gasteiger partial charge in [0.1, 0.15) is 0 Å². The normalized spacial score (nSPS) is 12.2. The number of hydrogen-bond donors (Lipinski definition) is 0. The summed E-state index contributed by atoms with van der Waals surface area (Å²) >= 11 is 0. The van der Waals surface area contributed by atoms with Gasteiger partial charge in [-0.25, -0.2) is 4.79 Å². The molecule has 1 aromatic carbocycles.